The molecule has 1 heteroatoms. The Hall–Kier alpha value is -0.820. The van der Waals surface area contributed by atoms with E-state index in [1.54, 1.807) is 5.56 Å². The lowest BCUT2D eigenvalue weighted by molar-refractivity contribution is 0.146. The van der Waals surface area contributed by atoms with Gasteiger partial charge in [0.05, 0.1) is 0 Å². The van der Waals surface area contributed by atoms with Crippen molar-refractivity contribution in [3.63, 3.8) is 0 Å². The molecule has 0 spiro atoms. The molecule has 1 nitrogen and oxygen atoms in total. The van der Waals surface area contributed by atoms with E-state index in [1.165, 1.54) is 25.8 Å². The van der Waals surface area contributed by atoms with Gasteiger partial charge in [-0.3, -0.25) is 0 Å². The standard InChI is InChI=1S/C15H21N/c1-16-10-12-7-8-13(12)15-9-14(15)11-5-3-2-4-6-11/h2-6,12-16H,7-10H2,1H3. The van der Waals surface area contributed by atoms with Crippen molar-refractivity contribution >= 4 is 0 Å². The molecule has 3 rings (SSSR count). The Morgan fingerprint density at radius 1 is 1.12 bits per heavy atom. The zero-order valence-corrected chi connectivity index (χ0v) is 10.0. The molecule has 2 fully saturated rings. The Morgan fingerprint density at radius 2 is 1.94 bits per heavy atom. The smallest absolute Gasteiger partial charge is 0.00208 e. The van der Waals surface area contributed by atoms with Crippen molar-refractivity contribution in [2.45, 2.75) is 25.2 Å². The lowest BCUT2D eigenvalue weighted by Crippen LogP contribution is -2.35. The van der Waals surface area contributed by atoms with E-state index in [2.05, 4.69) is 42.7 Å². The molecular formula is C15H21N. The minimum Gasteiger partial charge on any atom is -0.319 e. The first-order valence-corrected chi connectivity index (χ1v) is 6.59. The second-order valence-electron chi connectivity index (χ2n) is 5.48. The van der Waals surface area contributed by atoms with Crippen molar-refractivity contribution in [1.82, 2.24) is 5.32 Å². The van der Waals surface area contributed by atoms with Gasteiger partial charge in [0, 0.05) is 0 Å². The van der Waals surface area contributed by atoms with Gasteiger partial charge in [-0.15, -0.1) is 0 Å². The maximum atomic E-state index is 3.34. The maximum absolute atomic E-state index is 3.34. The van der Waals surface area contributed by atoms with Crippen molar-refractivity contribution in [3.8, 4) is 0 Å². The topological polar surface area (TPSA) is 12.0 Å². The molecule has 0 bridgehead atoms. The summed E-state index contributed by atoms with van der Waals surface area (Å²) in [5.41, 5.74) is 1.57. The summed E-state index contributed by atoms with van der Waals surface area (Å²) in [6.07, 6.45) is 4.36. The zero-order valence-electron chi connectivity index (χ0n) is 10.0. The van der Waals surface area contributed by atoms with E-state index in [-0.39, 0.29) is 0 Å². The molecule has 0 saturated heterocycles. The molecule has 1 aromatic carbocycles. The van der Waals surface area contributed by atoms with Gasteiger partial charge in [-0.05, 0) is 62.1 Å². The predicted molar refractivity (Wildman–Crippen MR) is 67.4 cm³/mol. The van der Waals surface area contributed by atoms with Crippen LogP contribution < -0.4 is 5.32 Å². The molecule has 2 saturated carbocycles. The highest BCUT2D eigenvalue weighted by Gasteiger charge is 2.49. The summed E-state index contributed by atoms with van der Waals surface area (Å²) >= 11 is 0. The first-order chi connectivity index (χ1) is 7.90. The molecule has 0 amide bonds. The fraction of sp³-hybridized carbons (Fsp3) is 0.600. The fourth-order valence-electron chi connectivity index (χ4n) is 3.45. The predicted octanol–water partition coefficient (Wildman–Crippen LogP) is 3.04. The molecule has 0 heterocycles. The maximum Gasteiger partial charge on any atom is -0.00208 e. The fourth-order valence-corrected chi connectivity index (χ4v) is 3.45. The third-order valence-corrected chi connectivity index (χ3v) is 4.56. The first-order valence-electron chi connectivity index (χ1n) is 6.59. The lowest BCUT2D eigenvalue weighted by atomic mass is 9.70. The van der Waals surface area contributed by atoms with Gasteiger partial charge in [-0.25, -0.2) is 0 Å². The van der Waals surface area contributed by atoms with Crippen LogP contribution in [-0.4, -0.2) is 13.6 Å². The molecule has 2 aliphatic rings. The largest absolute Gasteiger partial charge is 0.319 e. The van der Waals surface area contributed by atoms with Crippen LogP contribution in [0, 0.1) is 17.8 Å². The number of hydrogen-bond donors (Lipinski definition) is 1. The third kappa shape index (κ3) is 1.78. The molecule has 2 aliphatic carbocycles. The van der Waals surface area contributed by atoms with Gasteiger partial charge in [-0.2, -0.15) is 0 Å². The molecule has 0 radical (unpaired) electrons. The number of hydrogen-bond acceptors (Lipinski definition) is 1. The van der Waals surface area contributed by atoms with E-state index in [0.29, 0.717) is 0 Å². The van der Waals surface area contributed by atoms with E-state index >= 15 is 0 Å². The van der Waals surface area contributed by atoms with E-state index in [4.69, 9.17) is 0 Å². The number of nitrogens with one attached hydrogen (secondary N) is 1. The lowest BCUT2D eigenvalue weighted by Gasteiger charge is -2.37. The SMILES string of the molecule is CNCC1CCC1C1CC1c1ccccc1. The van der Waals surface area contributed by atoms with Gasteiger partial charge in [0.25, 0.3) is 0 Å². The van der Waals surface area contributed by atoms with Crippen LogP contribution in [0.3, 0.4) is 0 Å². The van der Waals surface area contributed by atoms with Crippen LogP contribution in [0.5, 0.6) is 0 Å². The molecule has 0 aromatic heterocycles. The van der Waals surface area contributed by atoms with Crippen LogP contribution in [0.1, 0.15) is 30.7 Å². The van der Waals surface area contributed by atoms with Crippen molar-refractivity contribution in [2.24, 2.45) is 17.8 Å². The Bertz CT molecular complexity index is 346. The summed E-state index contributed by atoms with van der Waals surface area (Å²) in [6, 6.07) is 11.1. The Morgan fingerprint density at radius 3 is 2.56 bits per heavy atom. The minimum absolute atomic E-state index is 0.880. The van der Waals surface area contributed by atoms with Gasteiger partial charge >= 0.3 is 0 Å². The normalized spacial score (nSPS) is 36.8. The monoisotopic (exact) mass is 215 g/mol. The summed E-state index contributed by atoms with van der Waals surface area (Å²) in [5, 5.41) is 3.34. The second kappa shape index (κ2) is 4.21. The highest BCUT2D eigenvalue weighted by molar-refractivity contribution is 5.26. The van der Waals surface area contributed by atoms with Crippen molar-refractivity contribution in [3.05, 3.63) is 35.9 Å². The van der Waals surface area contributed by atoms with Crippen LogP contribution >= 0.6 is 0 Å². The van der Waals surface area contributed by atoms with Gasteiger partial charge in [-0.1, -0.05) is 30.3 Å². The third-order valence-electron chi connectivity index (χ3n) is 4.56. The number of benzene rings is 1. The minimum atomic E-state index is 0.880. The molecule has 1 aromatic rings. The molecule has 1 N–H and O–H groups in total. The molecule has 4 unspecified atom stereocenters. The summed E-state index contributed by atoms with van der Waals surface area (Å²) in [5.74, 6) is 3.85. The molecule has 86 valence electrons. The average molecular weight is 215 g/mol. The highest BCUT2D eigenvalue weighted by Crippen LogP contribution is 2.58. The Balaban J connectivity index is 1.60. The second-order valence-corrected chi connectivity index (χ2v) is 5.48. The van der Waals surface area contributed by atoms with Crippen LogP contribution in [0.25, 0.3) is 0 Å². The quantitative estimate of drug-likeness (QED) is 0.814. The van der Waals surface area contributed by atoms with E-state index < -0.39 is 0 Å². The zero-order chi connectivity index (χ0) is 11.0. The Kier molecular flexibility index (Phi) is 2.72. The molecule has 16 heavy (non-hydrogen) atoms. The van der Waals surface area contributed by atoms with Crippen molar-refractivity contribution < 1.29 is 0 Å². The van der Waals surface area contributed by atoms with Crippen molar-refractivity contribution in [2.75, 3.05) is 13.6 Å². The highest BCUT2D eigenvalue weighted by atomic mass is 14.8. The van der Waals surface area contributed by atoms with Crippen LogP contribution in [0.15, 0.2) is 30.3 Å². The number of rotatable bonds is 4. The van der Waals surface area contributed by atoms with E-state index in [9.17, 15) is 0 Å². The van der Waals surface area contributed by atoms with Gasteiger partial charge in [0.1, 0.15) is 0 Å². The molecule has 0 aliphatic heterocycles. The van der Waals surface area contributed by atoms with E-state index in [1.807, 2.05) is 0 Å². The van der Waals surface area contributed by atoms with Gasteiger partial charge < -0.3 is 5.32 Å². The average Bonchev–Trinajstić information content (AvgIpc) is 3.06. The van der Waals surface area contributed by atoms with Crippen molar-refractivity contribution in [1.29, 1.82) is 0 Å². The molecule has 4 atom stereocenters. The van der Waals surface area contributed by atoms with Gasteiger partial charge in [0.15, 0.2) is 0 Å². The summed E-state index contributed by atoms with van der Waals surface area (Å²) in [7, 11) is 2.08. The van der Waals surface area contributed by atoms with Crippen LogP contribution in [0.2, 0.25) is 0 Å². The van der Waals surface area contributed by atoms with Crippen LogP contribution in [-0.2, 0) is 0 Å². The summed E-state index contributed by atoms with van der Waals surface area (Å²) < 4.78 is 0. The van der Waals surface area contributed by atoms with E-state index in [0.717, 1.165) is 23.7 Å². The first kappa shape index (κ1) is 10.3. The summed E-state index contributed by atoms with van der Waals surface area (Å²) in [6.45, 7) is 1.22. The molecular weight excluding hydrogens is 194 g/mol. The van der Waals surface area contributed by atoms with Crippen LogP contribution in [0.4, 0.5) is 0 Å². The summed E-state index contributed by atoms with van der Waals surface area (Å²) in [4.78, 5) is 0. The Labute approximate surface area is 98.3 Å². The van der Waals surface area contributed by atoms with Gasteiger partial charge in [0.2, 0.25) is 0 Å².